The highest BCUT2D eigenvalue weighted by molar-refractivity contribution is 5.96. The summed E-state index contributed by atoms with van der Waals surface area (Å²) < 4.78 is 41.4. The standard InChI is InChI=1S/C15H14F3N3O3/c1-23-19-9-3-2-4-12(22)10-5-7-11(8-6-10)13-20-14(24-21-13)15(16,17)18/h5-9H,2-4H2,1H3. The maximum atomic E-state index is 12.4. The van der Waals surface area contributed by atoms with Gasteiger partial charge in [-0.25, -0.2) is 0 Å². The first-order chi connectivity index (χ1) is 11.4. The highest BCUT2D eigenvalue weighted by atomic mass is 19.4. The van der Waals surface area contributed by atoms with Crippen molar-refractivity contribution in [2.45, 2.75) is 25.4 Å². The molecule has 6 nitrogen and oxygen atoms in total. The van der Waals surface area contributed by atoms with E-state index < -0.39 is 12.1 Å². The molecule has 0 amide bonds. The molecule has 0 saturated carbocycles. The topological polar surface area (TPSA) is 77.6 Å². The van der Waals surface area contributed by atoms with E-state index >= 15 is 0 Å². The highest BCUT2D eigenvalue weighted by Gasteiger charge is 2.38. The van der Waals surface area contributed by atoms with E-state index in [1.54, 1.807) is 6.21 Å². The van der Waals surface area contributed by atoms with Gasteiger partial charge >= 0.3 is 12.1 Å². The first kappa shape index (κ1) is 17.6. The molecule has 9 heteroatoms. The predicted molar refractivity (Wildman–Crippen MR) is 78.4 cm³/mol. The lowest BCUT2D eigenvalue weighted by Crippen LogP contribution is -2.04. The number of carbonyl (C=O) groups excluding carboxylic acids is 1. The Balaban J connectivity index is 1.98. The molecule has 0 aliphatic heterocycles. The van der Waals surface area contributed by atoms with Gasteiger partial charge < -0.3 is 9.36 Å². The molecule has 24 heavy (non-hydrogen) atoms. The maximum absolute atomic E-state index is 12.4. The zero-order chi connectivity index (χ0) is 17.6. The second-order valence-electron chi connectivity index (χ2n) is 4.78. The van der Waals surface area contributed by atoms with E-state index in [2.05, 4.69) is 24.7 Å². The summed E-state index contributed by atoms with van der Waals surface area (Å²) in [6.45, 7) is 0. The quantitative estimate of drug-likeness (QED) is 0.332. The molecule has 1 aromatic heterocycles. The van der Waals surface area contributed by atoms with Gasteiger partial charge in [0.25, 0.3) is 0 Å². The third-order valence-electron chi connectivity index (χ3n) is 3.05. The van der Waals surface area contributed by atoms with E-state index in [0.717, 1.165) is 0 Å². The first-order valence-corrected chi connectivity index (χ1v) is 7.01. The summed E-state index contributed by atoms with van der Waals surface area (Å²) in [5, 5.41) is 6.85. The van der Waals surface area contributed by atoms with Crippen molar-refractivity contribution in [1.29, 1.82) is 0 Å². The number of alkyl halides is 3. The van der Waals surface area contributed by atoms with Gasteiger partial charge in [0.15, 0.2) is 5.78 Å². The number of Topliss-reactive ketones (excluding diaryl/α,β-unsaturated/α-hetero) is 1. The Bertz CT molecular complexity index is 709. The molecule has 128 valence electrons. The molecule has 0 N–H and O–H groups in total. The van der Waals surface area contributed by atoms with Gasteiger partial charge in [0, 0.05) is 23.8 Å². The Kier molecular flexibility index (Phi) is 5.67. The molecule has 0 saturated heterocycles. The van der Waals surface area contributed by atoms with Crippen LogP contribution < -0.4 is 0 Å². The van der Waals surface area contributed by atoms with Crippen molar-refractivity contribution in [2.24, 2.45) is 5.16 Å². The Morgan fingerprint density at radius 2 is 2.04 bits per heavy atom. The number of ketones is 1. The number of benzene rings is 1. The van der Waals surface area contributed by atoms with E-state index in [9.17, 15) is 18.0 Å². The summed E-state index contributed by atoms with van der Waals surface area (Å²) >= 11 is 0. The second-order valence-corrected chi connectivity index (χ2v) is 4.78. The summed E-state index contributed by atoms with van der Waals surface area (Å²) in [7, 11) is 1.44. The van der Waals surface area contributed by atoms with Crippen LogP contribution in [0.15, 0.2) is 33.9 Å². The van der Waals surface area contributed by atoms with Crippen molar-refractivity contribution in [3.63, 3.8) is 0 Å². The molecule has 0 fully saturated rings. The van der Waals surface area contributed by atoms with E-state index in [4.69, 9.17) is 0 Å². The minimum Gasteiger partial charge on any atom is -0.399 e. The molecule has 0 aliphatic rings. The lowest BCUT2D eigenvalue weighted by molar-refractivity contribution is -0.159. The lowest BCUT2D eigenvalue weighted by atomic mass is 10.0. The molecule has 0 unspecified atom stereocenters. The SMILES string of the molecule is CON=CCCCC(=O)c1ccc(-c2noc(C(F)(F)F)n2)cc1. The van der Waals surface area contributed by atoms with Crippen LogP contribution >= 0.6 is 0 Å². The normalized spacial score (nSPS) is 11.8. The summed E-state index contributed by atoms with van der Waals surface area (Å²) in [6, 6.07) is 5.99. The number of nitrogens with zero attached hydrogens (tertiary/aromatic N) is 3. The number of aromatic nitrogens is 2. The number of oxime groups is 1. The molecule has 0 radical (unpaired) electrons. The monoisotopic (exact) mass is 341 g/mol. The van der Waals surface area contributed by atoms with E-state index in [1.807, 2.05) is 0 Å². The second kappa shape index (κ2) is 7.71. The molecule has 0 spiro atoms. The summed E-state index contributed by atoms with van der Waals surface area (Å²) in [5.74, 6) is -1.66. The van der Waals surface area contributed by atoms with Crippen LogP contribution in [0.2, 0.25) is 0 Å². The fourth-order valence-electron chi connectivity index (χ4n) is 1.89. The van der Waals surface area contributed by atoms with Crippen LogP contribution in [0.3, 0.4) is 0 Å². The minimum atomic E-state index is -4.69. The average molecular weight is 341 g/mol. The molecule has 0 aliphatic carbocycles. The summed E-state index contributed by atoms with van der Waals surface area (Å²) in [4.78, 5) is 19.8. The van der Waals surface area contributed by atoms with Crippen molar-refractivity contribution in [1.82, 2.24) is 10.1 Å². The Labute approximate surface area is 135 Å². The molecule has 2 aromatic rings. The first-order valence-electron chi connectivity index (χ1n) is 7.01. The van der Waals surface area contributed by atoms with Gasteiger partial charge in [-0.2, -0.15) is 18.2 Å². The number of halogens is 3. The van der Waals surface area contributed by atoms with E-state index in [-0.39, 0.29) is 11.6 Å². The number of unbranched alkanes of at least 4 members (excludes halogenated alkanes) is 1. The van der Waals surface area contributed by atoms with Crippen molar-refractivity contribution < 1.29 is 27.3 Å². The Hall–Kier alpha value is -2.71. The van der Waals surface area contributed by atoms with Crippen LogP contribution in [0.1, 0.15) is 35.5 Å². The van der Waals surface area contributed by atoms with Gasteiger partial charge in [0.05, 0.1) is 0 Å². The largest absolute Gasteiger partial charge is 0.471 e. The third kappa shape index (κ3) is 4.64. The molecule has 2 rings (SSSR count). The molecule has 1 heterocycles. The van der Waals surface area contributed by atoms with Crippen LogP contribution in [0.5, 0.6) is 0 Å². The fourth-order valence-corrected chi connectivity index (χ4v) is 1.89. The van der Waals surface area contributed by atoms with Crippen molar-refractivity contribution >= 4 is 12.0 Å². The number of rotatable bonds is 7. The van der Waals surface area contributed by atoms with Crippen LogP contribution in [0.25, 0.3) is 11.4 Å². The number of hydrogen-bond acceptors (Lipinski definition) is 6. The molecular weight excluding hydrogens is 327 g/mol. The van der Waals surface area contributed by atoms with Crippen LogP contribution in [0, 0.1) is 0 Å². The smallest absolute Gasteiger partial charge is 0.399 e. The molecule has 0 atom stereocenters. The molecule has 0 bridgehead atoms. The predicted octanol–water partition coefficient (Wildman–Crippen LogP) is 3.74. The van der Waals surface area contributed by atoms with Crippen molar-refractivity contribution in [2.75, 3.05) is 7.11 Å². The molecule has 1 aromatic carbocycles. The van der Waals surface area contributed by atoms with Gasteiger partial charge in [-0.1, -0.05) is 34.6 Å². The number of carbonyl (C=O) groups is 1. The van der Waals surface area contributed by atoms with E-state index in [0.29, 0.717) is 30.4 Å². The minimum absolute atomic E-state index is 0.0727. The highest BCUT2D eigenvalue weighted by Crippen LogP contribution is 2.29. The van der Waals surface area contributed by atoms with Crippen LogP contribution in [-0.2, 0) is 11.0 Å². The van der Waals surface area contributed by atoms with Gasteiger partial charge in [-0.3, -0.25) is 4.79 Å². The van der Waals surface area contributed by atoms with Gasteiger partial charge in [0.2, 0.25) is 5.82 Å². The van der Waals surface area contributed by atoms with Crippen molar-refractivity contribution in [3.05, 3.63) is 35.7 Å². The Morgan fingerprint density at radius 1 is 1.33 bits per heavy atom. The zero-order valence-corrected chi connectivity index (χ0v) is 12.7. The van der Waals surface area contributed by atoms with Crippen LogP contribution in [-0.4, -0.2) is 29.2 Å². The maximum Gasteiger partial charge on any atom is 0.471 e. The van der Waals surface area contributed by atoms with Gasteiger partial charge in [-0.05, 0) is 12.8 Å². The molecular formula is C15H14F3N3O3. The summed E-state index contributed by atoms with van der Waals surface area (Å²) in [6.07, 6.45) is -1.55. The number of hydrogen-bond donors (Lipinski definition) is 0. The Morgan fingerprint density at radius 3 is 2.62 bits per heavy atom. The van der Waals surface area contributed by atoms with Crippen LogP contribution in [0.4, 0.5) is 13.2 Å². The average Bonchev–Trinajstić information content (AvgIpc) is 3.05. The fraction of sp³-hybridized carbons (Fsp3) is 0.333. The van der Waals surface area contributed by atoms with Gasteiger partial charge in [0.1, 0.15) is 7.11 Å². The zero-order valence-electron chi connectivity index (χ0n) is 12.7. The van der Waals surface area contributed by atoms with Gasteiger partial charge in [-0.15, -0.1) is 0 Å². The lowest BCUT2D eigenvalue weighted by Gasteiger charge is -2.01. The van der Waals surface area contributed by atoms with Crippen molar-refractivity contribution in [3.8, 4) is 11.4 Å². The third-order valence-corrected chi connectivity index (χ3v) is 3.05. The van der Waals surface area contributed by atoms with E-state index in [1.165, 1.54) is 31.4 Å². The summed E-state index contributed by atoms with van der Waals surface area (Å²) in [5.41, 5.74) is 0.792.